The molecule has 45 heteroatoms. The van der Waals surface area contributed by atoms with Crippen LogP contribution in [0, 0.1) is 22.1 Å². The molecule has 0 saturated carbocycles. The van der Waals surface area contributed by atoms with Gasteiger partial charge in [-0.15, -0.1) is 0 Å². The summed E-state index contributed by atoms with van der Waals surface area (Å²) in [7, 11) is 2.99. The molecule has 14 amide bonds. The number of likely N-dealkylation sites (N-methyl/N-ethyl adjacent to an activating group) is 1. The van der Waals surface area contributed by atoms with E-state index >= 15 is 57.5 Å². The standard InChI is InChI=1S/C84H118N28O15S2/c1-6-45(2)66-78(124)108-62-41-128-129-42-63(107-70(116)56(26-16-30-94-83(87)88)100-68(114)46(3)99-69(115)55(25-15-29-93-82(85)86)101-71(117)57(33-48-19-9-7-10-20-48)102-72(118)58(103-74(62)120)36-51-39-91-43-97-51)75(121)110-67(47(4)113)79(125)104-59(37-52-40-92-44-98-52)73(119)105-60(34-49-21-11-8-12-22-49)80(126)111(5)64(27-17-31-95-84(89)90)76(122)106-61(35-50-38-96-54-24-14-13-23-53(50)54)81(127)112-32-18-28-65(112)77(123)109-66/h7-14,19-24,38-40,43-47,55-67,96,113H,6,15-18,25-37,41-42H2,1-5H3,(H,91,97)(H,92,98)(H,99,115)(H,100,114)(H,101,117)(H,102,118)(H,103,120)(H,104,125)(H,105,119)(H,106,122)(H,107,116)(H,108,124)(H,109,123)(H,110,121)(H4,85,86,93)(H4,87,88,94)(H4,89,90,95)/t45-,46-,47+,55-,56-,57+,58-,59-,60+,61-,62-,63-,64-,65-,66-,67-/m0/s1. The fraction of sp³-hybridized carbons (Fsp3) is 0.488. The van der Waals surface area contributed by atoms with Gasteiger partial charge in [-0.2, -0.15) is 0 Å². The Labute approximate surface area is 752 Å². The Morgan fingerprint density at radius 3 is 1.45 bits per heavy atom. The van der Waals surface area contributed by atoms with E-state index < -0.39 is 215 Å². The molecule has 3 saturated heterocycles. The predicted octanol–water partition coefficient (Wildman–Crippen LogP) is -3.59. The summed E-state index contributed by atoms with van der Waals surface area (Å²) in [5.41, 5.74) is 19.7. The molecule has 0 spiro atoms. The first-order valence-corrected chi connectivity index (χ1v) is 45.2. The minimum Gasteiger partial charge on any atom is -0.391 e. The van der Waals surface area contributed by atoms with E-state index in [1.54, 1.807) is 92.8 Å². The normalized spacial score (nSPS) is 24.7. The SMILES string of the molecule is CC[C@H](C)[C@@H]1NC(=O)[C@@H]2CCCN2C(=O)[C@H](Cc2c[nH]c3ccccc23)NC(=O)[C@H](CCCNC(=N)N)N(C)C(=O)[C@@H](Cc2ccccc2)NC(=O)[C@H](Cc2c[nH]cn2)NC(=O)[C@H]([C@@H](C)O)NC(=O)[C@@H]2CSSC[C@H](NC1=O)C(=O)N[C@@H](Cc1c[nH]cn1)C(=O)N[C@H](Cc1ccccc1)C(=O)N[C@@H](CCCNC(=N)N)C(=O)N[C@@H](C)C(=O)N[C@@H](CCCNC(=N)N)C(=O)N2. The van der Waals surface area contributed by atoms with E-state index in [2.05, 4.69) is 105 Å². The number of nitrogens with two attached hydrogens (primary N) is 3. The number of para-hydroxylation sites is 1. The number of guanidine groups is 3. The van der Waals surface area contributed by atoms with E-state index in [0.717, 1.165) is 33.4 Å². The summed E-state index contributed by atoms with van der Waals surface area (Å²) >= 11 is 0. The second-order valence-corrected chi connectivity index (χ2v) is 34.6. The summed E-state index contributed by atoms with van der Waals surface area (Å²) in [6.07, 6.45) is 4.02. The van der Waals surface area contributed by atoms with Crippen LogP contribution in [0.3, 0.4) is 0 Å². The number of hydrogen-bond acceptors (Lipinski definition) is 22. The Balaban J connectivity index is 1.19. The third-order valence-electron chi connectivity index (χ3n) is 22.3. The Bertz CT molecular complexity index is 4880. The summed E-state index contributed by atoms with van der Waals surface area (Å²) in [6, 6.07) is 1.73. The van der Waals surface area contributed by atoms with Crippen LogP contribution in [0.4, 0.5) is 0 Å². The first-order valence-electron chi connectivity index (χ1n) is 42.7. The molecule has 6 aromatic rings. The second kappa shape index (κ2) is 49.1. The second-order valence-electron chi connectivity index (χ2n) is 32.0. The van der Waals surface area contributed by atoms with Crippen LogP contribution in [0.25, 0.3) is 10.9 Å². The van der Waals surface area contributed by atoms with Gasteiger partial charge < -0.3 is 127 Å². The molecule has 129 heavy (non-hydrogen) atoms. The summed E-state index contributed by atoms with van der Waals surface area (Å²) in [6.45, 7) is 5.80. The molecule has 6 heterocycles. The molecule has 28 N–H and O–H groups in total. The minimum absolute atomic E-state index is 0.00268. The van der Waals surface area contributed by atoms with Crippen LogP contribution < -0.4 is 97.0 Å². The number of nitrogens with zero attached hydrogens (tertiary/aromatic N) is 4. The van der Waals surface area contributed by atoms with Crippen LogP contribution in [0.2, 0.25) is 0 Å². The van der Waals surface area contributed by atoms with Gasteiger partial charge in [0, 0.05) is 106 Å². The highest BCUT2D eigenvalue weighted by Gasteiger charge is 2.44. The fourth-order valence-electron chi connectivity index (χ4n) is 15.0. The highest BCUT2D eigenvalue weighted by molar-refractivity contribution is 8.76. The Hall–Kier alpha value is -13.3. The minimum atomic E-state index is -2.01. The van der Waals surface area contributed by atoms with Gasteiger partial charge in [0.2, 0.25) is 82.7 Å². The highest BCUT2D eigenvalue weighted by Crippen LogP contribution is 2.28. The number of fused-ring (bicyclic) bond motifs is 7. The van der Waals surface area contributed by atoms with Crippen molar-refractivity contribution < 1.29 is 72.2 Å². The Morgan fingerprint density at radius 1 is 0.481 bits per heavy atom. The zero-order valence-corrected chi connectivity index (χ0v) is 74.0. The van der Waals surface area contributed by atoms with Gasteiger partial charge in [0.1, 0.15) is 84.6 Å². The average molecular weight is 1820 g/mol. The maximum absolute atomic E-state index is 15.9. The third kappa shape index (κ3) is 29.9. The third-order valence-corrected chi connectivity index (χ3v) is 24.7. The fourth-order valence-corrected chi connectivity index (χ4v) is 17.4. The van der Waals surface area contributed by atoms with Crippen molar-refractivity contribution >= 4 is 133 Å². The van der Waals surface area contributed by atoms with Crippen molar-refractivity contribution in [3.63, 3.8) is 0 Å². The maximum atomic E-state index is 15.9. The zero-order chi connectivity index (χ0) is 93.4. The molecular formula is C84H118N28O15S2. The first-order chi connectivity index (χ1) is 61.7. The molecule has 0 unspecified atom stereocenters. The molecule has 3 fully saturated rings. The molecule has 9 rings (SSSR count). The van der Waals surface area contributed by atoms with E-state index in [-0.39, 0.29) is 121 Å². The van der Waals surface area contributed by atoms with Crippen molar-refractivity contribution in [3.8, 4) is 0 Å². The first kappa shape index (κ1) is 99.4. The van der Waals surface area contributed by atoms with Gasteiger partial charge in [-0.25, -0.2) is 9.97 Å². The van der Waals surface area contributed by atoms with Crippen LogP contribution >= 0.6 is 21.6 Å². The lowest BCUT2D eigenvalue weighted by Crippen LogP contribution is -2.63. The summed E-state index contributed by atoms with van der Waals surface area (Å²) < 4.78 is 0. The molecule has 696 valence electrons. The number of carbonyl (C=O) groups excluding carboxylic acids is 14. The number of carbonyl (C=O) groups is 14. The molecule has 3 aliphatic heterocycles. The van der Waals surface area contributed by atoms with Crippen molar-refractivity contribution in [1.82, 2.24) is 114 Å². The quantitative estimate of drug-likeness (QED) is 0.0114. The average Bonchev–Trinajstić information content (AvgIpc) is 1.68. The van der Waals surface area contributed by atoms with Crippen molar-refractivity contribution in [1.29, 1.82) is 16.2 Å². The summed E-state index contributed by atoms with van der Waals surface area (Å²) in [5, 5.41) is 76.5. The van der Waals surface area contributed by atoms with E-state index in [1.807, 2.05) is 12.1 Å². The Morgan fingerprint density at radius 2 is 0.915 bits per heavy atom. The van der Waals surface area contributed by atoms with E-state index in [0.29, 0.717) is 27.6 Å². The smallest absolute Gasteiger partial charge is 0.246 e. The number of nitrogens with one attached hydrogen (secondary N) is 21. The number of aliphatic hydroxyl groups excluding tert-OH is 1. The number of imidazole rings is 2. The highest BCUT2D eigenvalue weighted by atomic mass is 33.1. The largest absolute Gasteiger partial charge is 0.391 e. The lowest BCUT2D eigenvalue weighted by atomic mass is 9.97. The number of hydrogen-bond donors (Lipinski definition) is 25. The van der Waals surface area contributed by atoms with E-state index in [9.17, 15) is 14.7 Å². The topological polar surface area (TPSA) is 669 Å². The van der Waals surface area contributed by atoms with Crippen molar-refractivity contribution in [3.05, 3.63) is 144 Å². The number of aromatic nitrogens is 5. The number of H-pyrrole nitrogens is 3. The number of rotatable bonds is 25. The molecule has 3 aromatic carbocycles. The lowest BCUT2D eigenvalue weighted by molar-refractivity contribution is -0.145. The monoisotopic (exact) mass is 1820 g/mol. The number of benzene rings is 3. The molecular weight excluding hydrogens is 1710 g/mol. The molecule has 0 radical (unpaired) electrons. The molecule has 16 atom stereocenters. The maximum Gasteiger partial charge on any atom is 0.246 e. The lowest BCUT2D eigenvalue weighted by Gasteiger charge is -2.34. The van der Waals surface area contributed by atoms with Crippen LogP contribution in [0.5, 0.6) is 0 Å². The van der Waals surface area contributed by atoms with Gasteiger partial charge in [-0.05, 0) is 93.9 Å². The van der Waals surface area contributed by atoms with Crippen molar-refractivity contribution in [2.75, 3.05) is 44.7 Å². The van der Waals surface area contributed by atoms with Crippen molar-refractivity contribution in [2.45, 2.75) is 208 Å². The molecule has 0 aliphatic carbocycles. The van der Waals surface area contributed by atoms with Crippen LogP contribution in [-0.2, 0) is 99.2 Å². The van der Waals surface area contributed by atoms with Gasteiger partial charge in [0.25, 0.3) is 0 Å². The van der Waals surface area contributed by atoms with Crippen molar-refractivity contribution in [2.24, 2.45) is 23.1 Å². The van der Waals surface area contributed by atoms with Gasteiger partial charge in [0.05, 0.1) is 30.1 Å². The number of amides is 14. The summed E-state index contributed by atoms with van der Waals surface area (Å²) in [5.74, 6) is -16.5. The summed E-state index contributed by atoms with van der Waals surface area (Å²) in [4.78, 5) is 235. The van der Waals surface area contributed by atoms with E-state index in [1.165, 1.54) is 43.9 Å². The Kier molecular flexibility index (Phi) is 37.9. The van der Waals surface area contributed by atoms with Gasteiger partial charge in [-0.3, -0.25) is 83.4 Å². The molecule has 3 aliphatic rings. The zero-order valence-electron chi connectivity index (χ0n) is 72.3. The van der Waals surface area contributed by atoms with Crippen LogP contribution in [0.1, 0.15) is 114 Å². The molecule has 3 aromatic heterocycles. The van der Waals surface area contributed by atoms with Crippen LogP contribution in [0.15, 0.2) is 116 Å². The van der Waals surface area contributed by atoms with Gasteiger partial charge >= 0.3 is 0 Å². The van der Waals surface area contributed by atoms with Gasteiger partial charge in [-0.1, -0.05) is 121 Å². The predicted molar refractivity (Wildman–Crippen MR) is 481 cm³/mol. The van der Waals surface area contributed by atoms with E-state index in [4.69, 9.17) is 33.4 Å². The molecule has 43 nitrogen and oxygen atoms in total. The molecule has 2 bridgehead atoms. The number of aliphatic hydroxyl groups is 1. The number of aromatic amines is 3. The van der Waals surface area contributed by atoms with Crippen LogP contribution in [-0.4, -0.2) is 276 Å². The van der Waals surface area contributed by atoms with Gasteiger partial charge in [0.15, 0.2) is 17.9 Å².